The van der Waals surface area contributed by atoms with Crippen molar-refractivity contribution in [2.24, 2.45) is 0 Å². The van der Waals surface area contributed by atoms with Crippen LogP contribution in [-0.4, -0.2) is 37.8 Å². The number of likely N-dealkylation sites (N-methyl/N-ethyl adjacent to an activating group) is 1. The first-order valence-electron chi connectivity index (χ1n) is 7.77. The number of aryl methyl sites for hydroxylation is 1. The average molecular weight is 277 g/mol. The number of ether oxygens (including phenoxy) is 1. The highest BCUT2D eigenvalue weighted by Crippen LogP contribution is 2.19. The summed E-state index contributed by atoms with van der Waals surface area (Å²) in [6.07, 6.45) is 3.71. The maximum absolute atomic E-state index is 5.76. The zero-order valence-electron chi connectivity index (χ0n) is 13.0. The topological polar surface area (TPSA) is 37.4 Å². The first kappa shape index (κ1) is 15.3. The van der Waals surface area contributed by atoms with Crippen molar-refractivity contribution in [3.05, 3.63) is 23.4 Å². The van der Waals surface area contributed by atoms with Crippen LogP contribution >= 0.6 is 0 Å². The quantitative estimate of drug-likeness (QED) is 0.830. The van der Waals surface area contributed by atoms with Crippen LogP contribution in [0.2, 0.25) is 0 Å². The lowest BCUT2D eigenvalue weighted by Gasteiger charge is -2.26. The van der Waals surface area contributed by atoms with Gasteiger partial charge in [-0.25, -0.2) is 4.98 Å². The highest BCUT2D eigenvalue weighted by molar-refractivity contribution is 5.43. The molecule has 4 heteroatoms. The van der Waals surface area contributed by atoms with Gasteiger partial charge in [0, 0.05) is 31.9 Å². The first-order chi connectivity index (χ1) is 9.76. The summed E-state index contributed by atoms with van der Waals surface area (Å²) in [7, 11) is 1.98. The molecule has 1 fully saturated rings. The molecule has 4 nitrogen and oxygen atoms in total. The monoisotopic (exact) mass is 277 g/mol. The molecule has 0 aromatic carbocycles. The van der Waals surface area contributed by atoms with Gasteiger partial charge in [0.15, 0.2) is 0 Å². The molecule has 1 N–H and O–H groups in total. The van der Waals surface area contributed by atoms with E-state index in [0.29, 0.717) is 6.10 Å². The fraction of sp³-hybridized carbons (Fsp3) is 0.688. The highest BCUT2D eigenvalue weighted by Gasteiger charge is 2.19. The summed E-state index contributed by atoms with van der Waals surface area (Å²) < 4.78 is 5.76. The van der Waals surface area contributed by atoms with Crippen LogP contribution in [0.15, 0.2) is 12.1 Å². The van der Waals surface area contributed by atoms with Crippen LogP contribution in [-0.2, 0) is 17.7 Å². The van der Waals surface area contributed by atoms with Crippen molar-refractivity contribution >= 4 is 5.82 Å². The molecule has 0 spiro atoms. The van der Waals surface area contributed by atoms with Crippen LogP contribution in [0.5, 0.6) is 0 Å². The predicted octanol–water partition coefficient (Wildman–Crippen LogP) is 2.37. The van der Waals surface area contributed by atoms with Gasteiger partial charge in [0.25, 0.3) is 0 Å². The van der Waals surface area contributed by atoms with E-state index in [0.717, 1.165) is 38.5 Å². The van der Waals surface area contributed by atoms with Crippen LogP contribution in [0.4, 0.5) is 5.82 Å². The lowest BCUT2D eigenvalue weighted by Crippen LogP contribution is -2.33. The second kappa shape index (κ2) is 7.60. The molecule has 0 bridgehead atoms. The Balaban J connectivity index is 2.15. The van der Waals surface area contributed by atoms with Crippen molar-refractivity contribution in [2.45, 2.75) is 45.8 Å². The Bertz CT molecular complexity index is 416. The van der Waals surface area contributed by atoms with Gasteiger partial charge in [0.1, 0.15) is 5.82 Å². The molecule has 0 aliphatic carbocycles. The van der Waals surface area contributed by atoms with E-state index in [1.807, 2.05) is 7.05 Å². The molecule has 1 aromatic rings. The number of nitrogens with zero attached hydrogens (tertiary/aromatic N) is 2. The van der Waals surface area contributed by atoms with Gasteiger partial charge in [-0.15, -0.1) is 0 Å². The van der Waals surface area contributed by atoms with Gasteiger partial charge in [-0.2, -0.15) is 0 Å². The maximum atomic E-state index is 5.76. The van der Waals surface area contributed by atoms with E-state index in [1.54, 1.807) is 0 Å². The van der Waals surface area contributed by atoms with Crippen LogP contribution in [0.25, 0.3) is 0 Å². The zero-order chi connectivity index (χ0) is 14.4. The maximum Gasteiger partial charge on any atom is 0.129 e. The molecule has 0 radical (unpaired) electrons. The van der Waals surface area contributed by atoms with E-state index in [-0.39, 0.29) is 0 Å². The van der Waals surface area contributed by atoms with E-state index in [4.69, 9.17) is 9.72 Å². The molecule has 0 amide bonds. The van der Waals surface area contributed by atoms with E-state index in [2.05, 4.69) is 36.2 Å². The fourth-order valence-corrected chi connectivity index (χ4v) is 2.70. The summed E-state index contributed by atoms with van der Waals surface area (Å²) >= 11 is 0. The lowest BCUT2D eigenvalue weighted by atomic mass is 10.1. The predicted molar refractivity (Wildman–Crippen MR) is 83.2 cm³/mol. The minimum Gasteiger partial charge on any atom is -0.376 e. The summed E-state index contributed by atoms with van der Waals surface area (Å²) in [6.45, 7) is 8.07. The summed E-state index contributed by atoms with van der Waals surface area (Å²) in [5.41, 5.74) is 2.47. The smallest absolute Gasteiger partial charge is 0.129 e. The van der Waals surface area contributed by atoms with E-state index >= 15 is 0 Å². The molecule has 0 saturated carbocycles. The van der Waals surface area contributed by atoms with Crippen LogP contribution in [0, 0.1) is 0 Å². The number of nitrogens with one attached hydrogen (secondary N) is 1. The Morgan fingerprint density at radius 3 is 2.85 bits per heavy atom. The van der Waals surface area contributed by atoms with E-state index in [1.165, 1.54) is 24.1 Å². The molecule has 1 saturated heterocycles. The number of hydrogen-bond acceptors (Lipinski definition) is 4. The Kier molecular flexibility index (Phi) is 5.80. The first-order valence-corrected chi connectivity index (χ1v) is 7.77. The normalized spacial score (nSPS) is 18.4. The zero-order valence-corrected chi connectivity index (χ0v) is 13.0. The molecule has 1 atom stereocenters. The standard InChI is InChI=1S/C16H27N3O/c1-4-14-9-13(11-17-3)10-16(18-14)19(5-2)12-15-7-6-8-20-15/h9-10,15,17H,4-8,11-12H2,1-3H3. The van der Waals surface area contributed by atoms with Crippen molar-refractivity contribution < 1.29 is 4.74 Å². The second-order valence-corrected chi connectivity index (χ2v) is 5.38. The van der Waals surface area contributed by atoms with Crippen LogP contribution in [0.3, 0.4) is 0 Å². The third-order valence-electron chi connectivity index (χ3n) is 3.82. The molecule has 1 unspecified atom stereocenters. The molecule has 1 aliphatic rings. The molecular formula is C16H27N3O. The largest absolute Gasteiger partial charge is 0.376 e. The van der Waals surface area contributed by atoms with Gasteiger partial charge in [-0.1, -0.05) is 6.92 Å². The summed E-state index contributed by atoms with van der Waals surface area (Å²) in [6, 6.07) is 4.40. The van der Waals surface area contributed by atoms with E-state index < -0.39 is 0 Å². The van der Waals surface area contributed by atoms with Gasteiger partial charge in [0.2, 0.25) is 0 Å². The highest BCUT2D eigenvalue weighted by atomic mass is 16.5. The SMILES string of the molecule is CCc1cc(CNC)cc(N(CC)CC2CCCO2)n1. The Morgan fingerprint density at radius 2 is 2.25 bits per heavy atom. The van der Waals surface area contributed by atoms with Gasteiger partial charge >= 0.3 is 0 Å². The van der Waals surface area contributed by atoms with Crippen molar-refractivity contribution in [1.82, 2.24) is 10.3 Å². The third kappa shape index (κ3) is 3.93. The third-order valence-corrected chi connectivity index (χ3v) is 3.82. The van der Waals surface area contributed by atoms with Crippen molar-refractivity contribution in [3.8, 4) is 0 Å². The second-order valence-electron chi connectivity index (χ2n) is 5.38. The molecule has 2 rings (SSSR count). The van der Waals surface area contributed by atoms with Crippen LogP contribution < -0.4 is 10.2 Å². The number of hydrogen-bond donors (Lipinski definition) is 1. The fourth-order valence-electron chi connectivity index (χ4n) is 2.70. The molecule has 1 aromatic heterocycles. The molecule has 20 heavy (non-hydrogen) atoms. The van der Waals surface area contributed by atoms with Crippen molar-refractivity contribution in [3.63, 3.8) is 0 Å². The van der Waals surface area contributed by atoms with Crippen molar-refractivity contribution in [1.29, 1.82) is 0 Å². The minimum absolute atomic E-state index is 0.370. The lowest BCUT2D eigenvalue weighted by molar-refractivity contribution is 0.115. The number of aromatic nitrogens is 1. The summed E-state index contributed by atoms with van der Waals surface area (Å²) in [5, 5.41) is 3.22. The molecule has 1 aliphatic heterocycles. The van der Waals surface area contributed by atoms with Gasteiger partial charge in [-0.05, 0) is 50.9 Å². The molecule has 2 heterocycles. The number of rotatable bonds is 7. The minimum atomic E-state index is 0.370. The van der Waals surface area contributed by atoms with Gasteiger partial charge < -0.3 is 15.0 Å². The molecular weight excluding hydrogens is 250 g/mol. The number of pyridine rings is 1. The average Bonchev–Trinajstić information content (AvgIpc) is 2.97. The van der Waals surface area contributed by atoms with Gasteiger partial charge in [0.05, 0.1) is 6.10 Å². The number of anilines is 1. The Morgan fingerprint density at radius 1 is 1.40 bits per heavy atom. The molecule has 112 valence electrons. The van der Waals surface area contributed by atoms with Crippen molar-refractivity contribution in [2.75, 3.05) is 31.6 Å². The van der Waals surface area contributed by atoms with Gasteiger partial charge in [-0.3, -0.25) is 0 Å². The van der Waals surface area contributed by atoms with E-state index in [9.17, 15) is 0 Å². The summed E-state index contributed by atoms with van der Waals surface area (Å²) in [5.74, 6) is 1.09. The summed E-state index contributed by atoms with van der Waals surface area (Å²) in [4.78, 5) is 7.13. The Labute approximate surface area is 122 Å². The Hall–Kier alpha value is -1.13. The van der Waals surface area contributed by atoms with Crippen LogP contribution in [0.1, 0.15) is 37.9 Å².